The molecule has 0 radical (unpaired) electrons. The van der Waals surface area contributed by atoms with Crippen molar-refractivity contribution in [2.24, 2.45) is 0 Å². The summed E-state index contributed by atoms with van der Waals surface area (Å²) in [6.07, 6.45) is 0.0388. The molecule has 2 aromatic heterocycles. The SMILES string of the molecule is Cc1cc(C)c2c(CC(=O)O)c(-c3cccs3)[nH]c2c1. The van der Waals surface area contributed by atoms with E-state index in [1.807, 2.05) is 24.4 Å². The van der Waals surface area contributed by atoms with Crippen molar-refractivity contribution >= 4 is 28.2 Å². The summed E-state index contributed by atoms with van der Waals surface area (Å²) in [6.45, 7) is 4.09. The zero-order valence-corrected chi connectivity index (χ0v) is 12.2. The Morgan fingerprint density at radius 3 is 2.80 bits per heavy atom. The quantitative estimate of drug-likeness (QED) is 0.760. The second-order valence-electron chi connectivity index (χ2n) is 5.03. The maximum atomic E-state index is 11.2. The van der Waals surface area contributed by atoms with Gasteiger partial charge in [0.05, 0.1) is 17.0 Å². The predicted octanol–water partition coefficient (Wildman–Crippen LogP) is 4.14. The highest BCUT2D eigenvalue weighted by Gasteiger charge is 2.18. The average molecular weight is 285 g/mol. The van der Waals surface area contributed by atoms with Crippen LogP contribution >= 0.6 is 11.3 Å². The Labute approximate surface area is 120 Å². The van der Waals surface area contributed by atoms with Gasteiger partial charge in [-0.15, -0.1) is 11.3 Å². The highest BCUT2D eigenvalue weighted by molar-refractivity contribution is 7.13. The Kier molecular flexibility index (Phi) is 3.10. The van der Waals surface area contributed by atoms with Gasteiger partial charge in [0.1, 0.15) is 0 Å². The minimum atomic E-state index is -0.802. The number of rotatable bonds is 3. The maximum absolute atomic E-state index is 11.2. The fourth-order valence-corrected chi connectivity index (χ4v) is 3.51. The summed E-state index contributed by atoms with van der Waals surface area (Å²) >= 11 is 1.62. The van der Waals surface area contributed by atoms with Crippen molar-refractivity contribution in [1.29, 1.82) is 0 Å². The number of benzene rings is 1. The number of H-pyrrole nitrogens is 1. The number of thiophene rings is 1. The first-order valence-corrected chi connectivity index (χ1v) is 7.31. The fraction of sp³-hybridized carbons (Fsp3) is 0.188. The van der Waals surface area contributed by atoms with E-state index in [2.05, 4.69) is 24.0 Å². The number of carboxylic acids is 1. The highest BCUT2D eigenvalue weighted by Crippen LogP contribution is 2.35. The summed E-state index contributed by atoms with van der Waals surface area (Å²) < 4.78 is 0. The van der Waals surface area contributed by atoms with Crippen molar-refractivity contribution in [3.8, 4) is 10.6 Å². The lowest BCUT2D eigenvalue weighted by Gasteiger charge is -2.03. The Morgan fingerprint density at radius 2 is 2.15 bits per heavy atom. The largest absolute Gasteiger partial charge is 0.481 e. The second-order valence-corrected chi connectivity index (χ2v) is 5.98. The molecule has 0 spiro atoms. The normalized spacial score (nSPS) is 11.1. The monoisotopic (exact) mass is 285 g/mol. The van der Waals surface area contributed by atoms with E-state index in [-0.39, 0.29) is 6.42 Å². The Balaban J connectivity index is 2.34. The molecule has 0 fully saturated rings. The van der Waals surface area contributed by atoms with Gasteiger partial charge in [-0.2, -0.15) is 0 Å². The van der Waals surface area contributed by atoms with E-state index in [9.17, 15) is 9.90 Å². The Hall–Kier alpha value is -2.07. The molecule has 20 heavy (non-hydrogen) atoms. The molecular formula is C16H15NO2S. The minimum absolute atomic E-state index is 0.0388. The summed E-state index contributed by atoms with van der Waals surface area (Å²) in [5.41, 5.74) is 5.13. The molecule has 3 rings (SSSR count). The molecule has 0 unspecified atom stereocenters. The van der Waals surface area contributed by atoms with Crippen molar-refractivity contribution in [2.75, 3.05) is 0 Å². The number of fused-ring (bicyclic) bond motifs is 1. The molecule has 0 amide bonds. The van der Waals surface area contributed by atoms with Gasteiger partial charge in [0.2, 0.25) is 0 Å². The lowest BCUT2D eigenvalue weighted by atomic mass is 10.0. The van der Waals surface area contributed by atoms with Crippen molar-refractivity contribution in [2.45, 2.75) is 20.3 Å². The Morgan fingerprint density at radius 1 is 1.35 bits per heavy atom. The van der Waals surface area contributed by atoms with Crippen LogP contribution in [0.4, 0.5) is 0 Å². The van der Waals surface area contributed by atoms with E-state index >= 15 is 0 Å². The lowest BCUT2D eigenvalue weighted by molar-refractivity contribution is -0.136. The molecule has 0 aliphatic rings. The zero-order chi connectivity index (χ0) is 14.3. The van der Waals surface area contributed by atoms with Crippen LogP contribution in [0, 0.1) is 13.8 Å². The molecule has 0 saturated carbocycles. The summed E-state index contributed by atoms with van der Waals surface area (Å²) in [5, 5.41) is 12.2. The predicted molar refractivity (Wildman–Crippen MR) is 82.4 cm³/mol. The minimum Gasteiger partial charge on any atom is -0.481 e. The van der Waals surface area contributed by atoms with Crippen molar-refractivity contribution in [3.63, 3.8) is 0 Å². The summed E-state index contributed by atoms with van der Waals surface area (Å²) in [4.78, 5) is 15.7. The van der Waals surface area contributed by atoms with E-state index in [0.29, 0.717) is 0 Å². The highest BCUT2D eigenvalue weighted by atomic mass is 32.1. The molecule has 0 aliphatic carbocycles. The standard InChI is InChI=1S/C16H15NO2S/c1-9-6-10(2)15-11(8-14(18)19)16(17-12(15)7-9)13-4-3-5-20-13/h3-7,17H,8H2,1-2H3,(H,18,19). The first-order chi connectivity index (χ1) is 9.56. The van der Waals surface area contributed by atoms with Crippen LogP contribution in [0.5, 0.6) is 0 Å². The van der Waals surface area contributed by atoms with Crippen LogP contribution < -0.4 is 0 Å². The molecule has 0 atom stereocenters. The van der Waals surface area contributed by atoms with E-state index in [1.165, 1.54) is 5.56 Å². The van der Waals surface area contributed by atoms with E-state index in [4.69, 9.17) is 0 Å². The van der Waals surface area contributed by atoms with E-state index < -0.39 is 5.97 Å². The third-order valence-electron chi connectivity index (χ3n) is 3.44. The fourth-order valence-electron chi connectivity index (χ4n) is 2.76. The van der Waals surface area contributed by atoms with Gasteiger partial charge in [0.25, 0.3) is 0 Å². The van der Waals surface area contributed by atoms with Crippen molar-refractivity contribution < 1.29 is 9.90 Å². The molecule has 1 aromatic carbocycles. The molecule has 0 bridgehead atoms. The van der Waals surface area contributed by atoms with Crippen LogP contribution in [0.3, 0.4) is 0 Å². The molecule has 0 saturated heterocycles. The van der Waals surface area contributed by atoms with Crippen LogP contribution in [0.25, 0.3) is 21.5 Å². The third-order valence-corrected chi connectivity index (χ3v) is 4.33. The van der Waals surface area contributed by atoms with Gasteiger partial charge in [-0.25, -0.2) is 0 Å². The van der Waals surface area contributed by atoms with E-state index in [0.717, 1.165) is 32.6 Å². The first-order valence-electron chi connectivity index (χ1n) is 6.43. The number of aromatic nitrogens is 1. The number of aryl methyl sites for hydroxylation is 2. The summed E-state index contributed by atoms with van der Waals surface area (Å²) in [5.74, 6) is -0.802. The maximum Gasteiger partial charge on any atom is 0.307 e. The van der Waals surface area contributed by atoms with Crippen LogP contribution in [0.2, 0.25) is 0 Å². The zero-order valence-electron chi connectivity index (χ0n) is 11.4. The van der Waals surface area contributed by atoms with Crippen LogP contribution in [-0.2, 0) is 11.2 Å². The smallest absolute Gasteiger partial charge is 0.307 e. The molecule has 102 valence electrons. The summed E-state index contributed by atoms with van der Waals surface area (Å²) in [7, 11) is 0. The van der Waals surface area contributed by atoms with Crippen molar-refractivity contribution in [1.82, 2.24) is 4.98 Å². The number of aromatic amines is 1. The molecule has 0 aliphatic heterocycles. The first kappa shape index (κ1) is 12.9. The van der Waals surface area contributed by atoms with Crippen LogP contribution in [-0.4, -0.2) is 16.1 Å². The van der Waals surface area contributed by atoms with Gasteiger partial charge >= 0.3 is 5.97 Å². The number of hydrogen-bond acceptors (Lipinski definition) is 2. The third kappa shape index (κ3) is 2.12. The number of hydrogen-bond donors (Lipinski definition) is 2. The van der Waals surface area contributed by atoms with Gasteiger partial charge in [0.15, 0.2) is 0 Å². The van der Waals surface area contributed by atoms with Gasteiger partial charge in [-0.1, -0.05) is 12.1 Å². The average Bonchev–Trinajstić information content (AvgIpc) is 2.95. The van der Waals surface area contributed by atoms with Gasteiger partial charge in [-0.3, -0.25) is 4.79 Å². The molecular weight excluding hydrogens is 270 g/mol. The number of aliphatic carboxylic acids is 1. The summed E-state index contributed by atoms with van der Waals surface area (Å²) in [6, 6.07) is 8.17. The molecule has 2 N–H and O–H groups in total. The van der Waals surface area contributed by atoms with Gasteiger partial charge in [-0.05, 0) is 48.1 Å². The Bertz CT molecular complexity index is 785. The van der Waals surface area contributed by atoms with Gasteiger partial charge in [0, 0.05) is 10.9 Å². The van der Waals surface area contributed by atoms with Gasteiger partial charge < -0.3 is 10.1 Å². The molecule has 4 heteroatoms. The number of carbonyl (C=O) groups is 1. The van der Waals surface area contributed by atoms with E-state index in [1.54, 1.807) is 11.3 Å². The van der Waals surface area contributed by atoms with Crippen LogP contribution in [0.1, 0.15) is 16.7 Å². The lowest BCUT2D eigenvalue weighted by Crippen LogP contribution is -2.01. The van der Waals surface area contributed by atoms with Crippen molar-refractivity contribution in [3.05, 3.63) is 46.3 Å². The molecule has 2 heterocycles. The topological polar surface area (TPSA) is 53.1 Å². The number of nitrogens with one attached hydrogen (secondary N) is 1. The molecule has 3 nitrogen and oxygen atoms in total. The molecule has 3 aromatic rings. The van der Waals surface area contributed by atoms with Crippen LogP contribution in [0.15, 0.2) is 29.6 Å². The number of carboxylic acid groups (broad SMARTS) is 1. The second kappa shape index (κ2) is 4.80.